The van der Waals surface area contributed by atoms with Gasteiger partial charge >= 0.3 is 0 Å². The minimum Gasteiger partial charge on any atom is -0.494 e. The van der Waals surface area contributed by atoms with Gasteiger partial charge in [-0.05, 0) is 60.4 Å². The summed E-state index contributed by atoms with van der Waals surface area (Å²) >= 11 is 6.22. The molecule has 4 rings (SSSR count). The Morgan fingerprint density at radius 1 is 0.970 bits per heavy atom. The molecule has 3 aromatic carbocycles. The first-order valence-electron chi connectivity index (χ1n) is 10.6. The lowest BCUT2D eigenvalue weighted by Crippen LogP contribution is -2.22. The standard InChI is InChI=1S/C26H23ClN4O2/c27-25-24(19-29-31(26(25)32)22-11-5-2-6-12-22)30-28-18-21-13-15-23(16-14-21)33-17-7-10-20-8-3-1-4-9-20/h1-6,8-9,11-16,18-19,30H,7,10,17H2/b28-18-. The summed E-state index contributed by atoms with van der Waals surface area (Å²) in [7, 11) is 0. The third kappa shape index (κ3) is 6.08. The Labute approximate surface area is 197 Å². The van der Waals surface area contributed by atoms with Gasteiger partial charge in [-0.2, -0.15) is 14.9 Å². The summed E-state index contributed by atoms with van der Waals surface area (Å²) in [5.74, 6) is 0.810. The molecule has 0 amide bonds. The number of nitrogens with zero attached hydrogens (tertiary/aromatic N) is 3. The van der Waals surface area contributed by atoms with Crippen molar-refractivity contribution in [1.29, 1.82) is 0 Å². The fourth-order valence-electron chi connectivity index (χ4n) is 3.20. The van der Waals surface area contributed by atoms with Crippen molar-refractivity contribution in [2.45, 2.75) is 12.8 Å². The van der Waals surface area contributed by atoms with Crippen molar-refractivity contribution in [3.05, 3.63) is 118 Å². The number of anilines is 1. The summed E-state index contributed by atoms with van der Waals surface area (Å²) in [6.45, 7) is 0.657. The van der Waals surface area contributed by atoms with Crippen LogP contribution >= 0.6 is 11.6 Å². The first kappa shape index (κ1) is 22.3. The molecule has 1 N–H and O–H groups in total. The number of hydrogen-bond acceptors (Lipinski definition) is 5. The minimum atomic E-state index is -0.420. The summed E-state index contributed by atoms with van der Waals surface area (Å²) in [5, 5.41) is 8.35. The van der Waals surface area contributed by atoms with Crippen LogP contribution in [0.1, 0.15) is 17.5 Å². The Bertz CT molecular complexity index is 1260. The number of nitrogens with one attached hydrogen (secondary N) is 1. The van der Waals surface area contributed by atoms with Gasteiger partial charge in [0.1, 0.15) is 16.5 Å². The molecule has 1 heterocycles. The van der Waals surface area contributed by atoms with E-state index in [9.17, 15) is 4.79 Å². The number of rotatable bonds is 9. The molecular formula is C26H23ClN4O2. The van der Waals surface area contributed by atoms with Crippen LogP contribution in [0, 0.1) is 0 Å². The quantitative estimate of drug-likeness (QED) is 0.209. The predicted molar refractivity (Wildman–Crippen MR) is 133 cm³/mol. The van der Waals surface area contributed by atoms with Gasteiger partial charge in [-0.15, -0.1) is 0 Å². The second-order valence-electron chi connectivity index (χ2n) is 7.30. The molecule has 4 aromatic rings. The Balaban J connectivity index is 1.29. The maximum atomic E-state index is 12.5. The van der Waals surface area contributed by atoms with Gasteiger partial charge in [0.25, 0.3) is 5.56 Å². The van der Waals surface area contributed by atoms with Crippen LogP contribution in [0.25, 0.3) is 5.69 Å². The third-order valence-electron chi connectivity index (χ3n) is 4.92. The zero-order valence-corrected chi connectivity index (χ0v) is 18.7. The Morgan fingerprint density at radius 3 is 2.39 bits per heavy atom. The summed E-state index contributed by atoms with van der Waals surface area (Å²) in [5.41, 5.74) is 5.53. The van der Waals surface area contributed by atoms with Gasteiger partial charge in [0.2, 0.25) is 0 Å². The van der Waals surface area contributed by atoms with Gasteiger partial charge in [-0.1, -0.05) is 60.1 Å². The van der Waals surface area contributed by atoms with Crippen LogP contribution in [0.2, 0.25) is 5.02 Å². The van der Waals surface area contributed by atoms with Crippen molar-refractivity contribution in [3.63, 3.8) is 0 Å². The van der Waals surface area contributed by atoms with E-state index in [0.717, 1.165) is 24.2 Å². The molecule has 0 unspecified atom stereocenters. The number of halogens is 1. The number of ether oxygens (including phenoxy) is 1. The van der Waals surface area contributed by atoms with E-state index in [2.05, 4.69) is 27.8 Å². The lowest BCUT2D eigenvalue weighted by Gasteiger charge is -2.08. The fourth-order valence-corrected chi connectivity index (χ4v) is 3.37. The number of para-hydroxylation sites is 1. The van der Waals surface area contributed by atoms with Crippen molar-refractivity contribution in [2.75, 3.05) is 12.0 Å². The van der Waals surface area contributed by atoms with Gasteiger partial charge < -0.3 is 4.74 Å². The number of aryl methyl sites for hydroxylation is 1. The fraction of sp³-hybridized carbons (Fsp3) is 0.115. The lowest BCUT2D eigenvalue weighted by atomic mass is 10.1. The molecule has 0 aliphatic rings. The molecule has 1 aromatic heterocycles. The van der Waals surface area contributed by atoms with E-state index < -0.39 is 5.56 Å². The van der Waals surface area contributed by atoms with Gasteiger partial charge in [0, 0.05) is 0 Å². The summed E-state index contributed by atoms with van der Waals surface area (Å²) < 4.78 is 7.06. The number of aromatic nitrogens is 2. The average Bonchev–Trinajstić information content (AvgIpc) is 2.86. The molecule has 0 fully saturated rings. The molecule has 7 heteroatoms. The van der Waals surface area contributed by atoms with Crippen LogP contribution in [0.4, 0.5) is 5.69 Å². The zero-order valence-electron chi connectivity index (χ0n) is 17.9. The van der Waals surface area contributed by atoms with Crippen LogP contribution < -0.4 is 15.7 Å². The van der Waals surface area contributed by atoms with E-state index >= 15 is 0 Å². The highest BCUT2D eigenvalue weighted by Gasteiger charge is 2.09. The Morgan fingerprint density at radius 2 is 1.67 bits per heavy atom. The molecule has 6 nitrogen and oxygen atoms in total. The number of hydrazone groups is 1. The Hall–Kier alpha value is -3.90. The van der Waals surface area contributed by atoms with Crippen LogP contribution in [-0.4, -0.2) is 22.6 Å². The summed E-state index contributed by atoms with van der Waals surface area (Å²) in [6.07, 6.45) is 5.05. The molecule has 0 saturated carbocycles. The van der Waals surface area contributed by atoms with Gasteiger partial charge in [0.15, 0.2) is 0 Å². The molecule has 33 heavy (non-hydrogen) atoms. The number of hydrogen-bond donors (Lipinski definition) is 1. The molecule has 0 bridgehead atoms. The SMILES string of the molecule is O=c1c(Cl)c(N/N=C\c2ccc(OCCCc3ccccc3)cc2)cnn1-c1ccccc1. The second-order valence-corrected chi connectivity index (χ2v) is 7.68. The van der Waals surface area contributed by atoms with Crippen LogP contribution in [0.15, 0.2) is 101 Å². The van der Waals surface area contributed by atoms with E-state index in [0.29, 0.717) is 18.0 Å². The number of benzene rings is 3. The smallest absolute Gasteiger partial charge is 0.292 e. The van der Waals surface area contributed by atoms with Crippen molar-refractivity contribution < 1.29 is 4.74 Å². The Kier molecular flexibility index (Phi) is 7.51. The van der Waals surface area contributed by atoms with E-state index in [4.69, 9.17) is 16.3 Å². The van der Waals surface area contributed by atoms with E-state index in [-0.39, 0.29) is 5.02 Å². The van der Waals surface area contributed by atoms with Crippen LogP contribution in [-0.2, 0) is 6.42 Å². The largest absolute Gasteiger partial charge is 0.494 e. The normalized spacial score (nSPS) is 10.9. The van der Waals surface area contributed by atoms with Gasteiger partial charge in [-0.25, -0.2) is 0 Å². The zero-order chi connectivity index (χ0) is 22.9. The minimum absolute atomic E-state index is 0.0188. The summed E-state index contributed by atoms with van der Waals surface area (Å²) in [4.78, 5) is 12.5. The topological polar surface area (TPSA) is 68.5 Å². The van der Waals surface area contributed by atoms with E-state index in [1.54, 1.807) is 18.3 Å². The van der Waals surface area contributed by atoms with Gasteiger partial charge in [-0.3, -0.25) is 10.2 Å². The average molecular weight is 459 g/mol. The molecule has 0 aliphatic heterocycles. The lowest BCUT2D eigenvalue weighted by molar-refractivity contribution is 0.311. The van der Waals surface area contributed by atoms with Crippen LogP contribution in [0.5, 0.6) is 5.75 Å². The molecule has 0 aliphatic carbocycles. The molecule has 0 saturated heterocycles. The van der Waals surface area contributed by atoms with Crippen molar-refractivity contribution in [2.24, 2.45) is 5.10 Å². The predicted octanol–water partition coefficient (Wildman–Crippen LogP) is 5.34. The molecule has 0 atom stereocenters. The van der Waals surface area contributed by atoms with Crippen molar-refractivity contribution in [3.8, 4) is 11.4 Å². The highest BCUT2D eigenvalue weighted by Crippen LogP contribution is 2.17. The molecule has 166 valence electrons. The third-order valence-corrected chi connectivity index (χ3v) is 5.29. The highest BCUT2D eigenvalue weighted by atomic mass is 35.5. The van der Waals surface area contributed by atoms with Crippen LogP contribution in [0.3, 0.4) is 0 Å². The summed E-state index contributed by atoms with van der Waals surface area (Å²) in [6, 6.07) is 27.1. The molecular weight excluding hydrogens is 436 g/mol. The monoisotopic (exact) mass is 458 g/mol. The van der Waals surface area contributed by atoms with Crippen molar-refractivity contribution >= 4 is 23.5 Å². The maximum absolute atomic E-state index is 12.5. The molecule has 0 spiro atoms. The second kappa shape index (κ2) is 11.1. The van der Waals surface area contributed by atoms with E-state index in [1.807, 2.05) is 60.7 Å². The first-order chi connectivity index (χ1) is 16.2. The first-order valence-corrected chi connectivity index (χ1v) is 11.0. The maximum Gasteiger partial charge on any atom is 0.292 e. The highest BCUT2D eigenvalue weighted by molar-refractivity contribution is 6.32. The van der Waals surface area contributed by atoms with Gasteiger partial charge in [0.05, 0.1) is 24.7 Å². The van der Waals surface area contributed by atoms with Crippen molar-refractivity contribution in [1.82, 2.24) is 9.78 Å². The van der Waals surface area contributed by atoms with E-state index in [1.165, 1.54) is 16.4 Å². The molecule has 0 radical (unpaired) electrons.